The first kappa shape index (κ1) is 22.1. The Hall–Kier alpha value is 1.13. The number of carbonyl (C=O) groups excluding carboxylic acids is 1. The van der Waals surface area contributed by atoms with Crippen LogP contribution < -0.4 is 9.59 Å². The molecular formula is C15H28GdGeN2O2-. The number of aliphatic hydroxyl groups excluding tert-OH is 1. The van der Waals surface area contributed by atoms with Crippen molar-refractivity contribution in [2.75, 3.05) is 0 Å². The first-order valence-electron chi connectivity index (χ1n) is 7.77. The van der Waals surface area contributed by atoms with Gasteiger partial charge in [-0.2, -0.15) is 0 Å². The summed E-state index contributed by atoms with van der Waals surface area (Å²) in [7, 11) is 0. The second-order valence-corrected chi connectivity index (χ2v) is 6.69. The van der Waals surface area contributed by atoms with Crippen LogP contribution in [0.25, 0.3) is 0 Å². The van der Waals surface area contributed by atoms with E-state index >= 15 is 0 Å². The fourth-order valence-corrected chi connectivity index (χ4v) is 3.20. The molecule has 0 aromatic rings. The van der Waals surface area contributed by atoms with E-state index in [0.29, 0.717) is 12.5 Å². The van der Waals surface area contributed by atoms with Crippen LogP contribution in [0.5, 0.6) is 0 Å². The van der Waals surface area contributed by atoms with Crippen LogP contribution in [-0.4, -0.2) is 45.9 Å². The van der Waals surface area contributed by atoms with Crippen molar-refractivity contribution in [1.82, 2.24) is 9.59 Å². The quantitative estimate of drug-likeness (QED) is 0.351. The molecule has 3 radical (unpaired) electrons. The zero-order chi connectivity index (χ0) is 15.0. The molecule has 4 nitrogen and oxygen atoms in total. The third-order valence-electron chi connectivity index (χ3n) is 3.99. The number of hydrogen-bond donors (Lipinski definition) is 3. The number of nitrogens with one attached hydrogen (secondary N) is 2. The molecule has 0 saturated heterocycles. The fraction of sp³-hybridized carbons (Fsp3) is 0.867. The van der Waals surface area contributed by atoms with Crippen molar-refractivity contribution >= 4 is 22.6 Å². The summed E-state index contributed by atoms with van der Waals surface area (Å²) in [4.78, 5) is 11.3. The molecule has 1 rings (SSSR count). The van der Waals surface area contributed by atoms with Gasteiger partial charge in [-0.15, -0.1) is 0 Å². The van der Waals surface area contributed by atoms with Crippen LogP contribution in [0.1, 0.15) is 58.8 Å². The van der Waals surface area contributed by atoms with Crippen LogP contribution in [0.2, 0.25) is 0 Å². The number of rotatable bonds is 8. The molecule has 123 valence electrons. The molecule has 1 fully saturated rings. The van der Waals surface area contributed by atoms with Gasteiger partial charge in [0.25, 0.3) is 0 Å². The van der Waals surface area contributed by atoms with Crippen molar-refractivity contribution in [3.05, 3.63) is 6.42 Å². The van der Waals surface area contributed by atoms with Crippen LogP contribution >= 0.6 is 0 Å². The summed E-state index contributed by atoms with van der Waals surface area (Å²) in [5, 5.41) is 13.8. The molecule has 0 aromatic heterocycles. The third kappa shape index (κ3) is 9.77. The van der Waals surface area contributed by atoms with E-state index in [4.69, 9.17) is 0 Å². The molecule has 0 aliphatic heterocycles. The van der Waals surface area contributed by atoms with Crippen LogP contribution in [-0.2, 0) is 4.79 Å². The predicted molar refractivity (Wildman–Crippen MR) is 82.1 cm³/mol. The minimum atomic E-state index is -0.489. The minimum absolute atomic E-state index is 0. The third-order valence-corrected chi connectivity index (χ3v) is 4.51. The molecule has 3 N–H and O–H groups in total. The van der Waals surface area contributed by atoms with E-state index in [1.54, 1.807) is 23.2 Å². The van der Waals surface area contributed by atoms with Crippen molar-refractivity contribution in [3.63, 3.8) is 0 Å². The summed E-state index contributed by atoms with van der Waals surface area (Å²) in [6.07, 6.45) is 9.03. The topological polar surface area (TPSA) is 61.4 Å². The molecule has 1 amide bonds. The van der Waals surface area contributed by atoms with Gasteiger partial charge in [-0.3, -0.25) is 0 Å². The normalized spacial score (nSPS) is 18.7. The Morgan fingerprint density at radius 1 is 1.33 bits per heavy atom. The van der Waals surface area contributed by atoms with E-state index in [0.717, 1.165) is 12.3 Å². The standard InChI is InChI=1S/C15H28GeN2O2.Gd/c1-11(2)17-13(10-12-6-4-3-5-7-12)14(19)8-9-15(20)18-16;/h9,11-14,17,19H,3-8,10H2,1-2H3,(H,18,20);/q-1;. The first-order valence-corrected chi connectivity index (χ1v) is 8.81. The Morgan fingerprint density at radius 2 is 1.95 bits per heavy atom. The average molecular weight is 498 g/mol. The Labute approximate surface area is 170 Å². The average Bonchev–Trinajstić information content (AvgIpc) is 2.44. The second kappa shape index (κ2) is 12.5. The van der Waals surface area contributed by atoms with Gasteiger partial charge in [0.05, 0.1) is 0 Å². The van der Waals surface area contributed by atoms with E-state index in [9.17, 15) is 9.90 Å². The fourth-order valence-electron chi connectivity index (χ4n) is 2.99. The smallest absolute Gasteiger partial charge is 0 e. The van der Waals surface area contributed by atoms with E-state index in [1.807, 2.05) is 0 Å². The van der Waals surface area contributed by atoms with Gasteiger partial charge in [0.1, 0.15) is 0 Å². The number of hydrogen-bond acceptors (Lipinski definition) is 3. The van der Waals surface area contributed by atoms with E-state index in [-0.39, 0.29) is 51.9 Å². The molecule has 2 atom stereocenters. The van der Waals surface area contributed by atoms with Crippen LogP contribution in [0.15, 0.2) is 0 Å². The zero-order valence-electron chi connectivity index (χ0n) is 13.0. The number of carbonyl (C=O) groups is 1. The monoisotopic (exact) mass is 500 g/mol. The van der Waals surface area contributed by atoms with E-state index in [1.165, 1.54) is 32.1 Å². The van der Waals surface area contributed by atoms with Gasteiger partial charge in [0.15, 0.2) is 0 Å². The molecule has 1 aliphatic rings. The van der Waals surface area contributed by atoms with E-state index < -0.39 is 6.10 Å². The predicted octanol–water partition coefficient (Wildman–Crippen LogP) is 1.48. The van der Waals surface area contributed by atoms with Crippen molar-refractivity contribution < 1.29 is 49.8 Å². The molecule has 21 heavy (non-hydrogen) atoms. The summed E-state index contributed by atoms with van der Waals surface area (Å²) in [5.41, 5.74) is 0. The maximum atomic E-state index is 11.3. The molecule has 0 heterocycles. The van der Waals surface area contributed by atoms with Crippen LogP contribution in [0, 0.1) is 52.3 Å². The van der Waals surface area contributed by atoms with Gasteiger partial charge in [0.2, 0.25) is 0 Å². The summed E-state index contributed by atoms with van der Waals surface area (Å²) in [6.45, 7) is 4.20. The van der Waals surface area contributed by atoms with Gasteiger partial charge in [-0.25, -0.2) is 0 Å². The van der Waals surface area contributed by atoms with Crippen molar-refractivity contribution in [2.24, 2.45) is 5.92 Å². The molecular weight excluding hydrogens is 470 g/mol. The Morgan fingerprint density at radius 3 is 2.48 bits per heavy atom. The van der Waals surface area contributed by atoms with Gasteiger partial charge in [-0.05, 0) is 0 Å². The molecule has 0 aromatic carbocycles. The van der Waals surface area contributed by atoms with Crippen LogP contribution in [0.3, 0.4) is 0 Å². The van der Waals surface area contributed by atoms with Gasteiger partial charge >= 0.3 is 131 Å². The maximum absolute atomic E-state index is 11.3. The first-order chi connectivity index (χ1) is 9.52. The largest absolute Gasteiger partial charge is 0 e. The zero-order valence-corrected chi connectivity index (χ0v) is 17.4. The summed E-state index contributed by atoms with van der Waals surface area (Å²) >= 11 is 1.61. The maximum Gasteiger partial charge on any atom is 0 e. The molecule has 1 aliphatic carbocycles. The SMILES string of the molecule is CC(C)NC(CC1CCCCC1)C(O)C[CH-]C(=O)[NH][Ge].[Gd]. The Kier molecular flexibility index (Phi) is 13.2. The minimum Gasteiger partial charge on any atom is 0 e. The summed E-state index contributed by atoms with van der Waals surface area (Å²) in [5.74, 6) is 0.597. The molecule has 2 unspecified atom stereocenters. The molecule has 0 spiro atoms. The molecule has 6 heteroatoms. The van der Waals surface area contributed by atoms with Gasteiger partial charge < -0.3 is 0 Å². The second-order valence-electron chi connectivity index (χ2n) is 6.16. The number of amides is 1. The molecule has 0 bridgehead atoms. The summed E-state index contributed by atoms with van der Waals surface area (Å²) < 4.78 is 2.56. The van der Waals surface area contributed by atoms with Gasteiger partial charge in [-0.1, -0.05) is 0 Å². The van der Waals surface area contributed by atoms with Crippen molar-refractivity contribution in [3.8, 4) is 0 Å². The van der Waals surface area contributed by atoms with Gasteiger partial charge in [0, 0.05) is 39.9 Å². The molecule has 1 saturated carbocycles. The van der Waals surface area contributed by atoms with Crippen LogP contribution in [0.4, 0.5) is 0 Å². The van der Waals surface area contributed by atoms with Crippen molar-refractivity contribution in [2.45, 2.75) is 77.0 Å². The Bertz CT molecular complexity index is 287. The van der Waals surface area contributed by atoms with Crippen molar-refractivity contribution in [1.29, 1.82) is 0 Å². The number of aliphatic hydroxyl groups is 1. The summed E-state index contributed by atoms with van der Waals surface area (Å²) in [6, 6.07) is 0.428. The van der Waals surface area contributed by atoms with E-state index in [2.05, 4.69) is 23.4 Å². The Balaban J connectivity index is 0.00000400.